The Morgan fingerprint density at radius 3 is 2.42 bits per heavy atom. The molecule has 1 aromatic rings. The van der Waals surface area contributed by atoms with E-state index in [-0.39, 0.29) is 11.4 Å². The molecule has 1 fully saturated rings. The number of nitrogens with zero attached hydrogens (tertiary/aromatic N) is 1. The number of hydrogen-bond donors (Lipinski definition) is 3. The highest BCUT2D eigenvalue weighted by molar-refractivity contribution is 5.36. The SMILES string of the molecule is O=[N+]([O-])c1ccc(O[C@H]2[C@H](O)[C@@H](CO)O[C@@H]2O)cc1. The highest BCUT2D eigenvalue weighted by atomic mass is 16.7. The quantitative estimate of drug-likeness (QED) is 0.494. The number of rotatable bonds is 4. The van der Waals surface area contributed by atoms with Crippen molar-refractivity contribution in [1.29, 1.82) is 0 Å². The van der Waals surface area contributed by atoms with Crippen molar-refractivity contribution < 1.29 is 29.7 Å². The van der Waals surface area contributed by atoms with E-state index in [1.165, 1.54) is 24.3 Å². The maximum atomic E-state index is 10.5. The van der Waals surface area contributed by atoms with Crippen LogP contribution in [-0.2, 0) is 4.74 Å². The van der Waals surface area contributed by atoms with Gasteiger partial charge in [0.25, 0.3) is 5.69 Å². The maximum absolute atomic E-state index is 10.5. The molecule has 8 heteroatoms. The number of ether oxygens (including phenoxy) is 2. The van der Waals surface area contributed by atoms with Gasteiger partial charge in [0.2, 0.25) is 0 Å². The molecule has 0 bridgehead atoms. The van der Waals surface area contributed by atoms with Crippen molar-refractivity contribution in [2.45, 2.75) is 24.6 Å². The summed E-state index contributed by atoms with van der Waals surface area (Å²) in [5, 5.41) is 38.7. The molecule has 104 valence electrons. The van der Waals surface area contributed by atoms with Gasteiger partial charge in [0.05, 0.1) is 11.5 Å². The lowest BCUT2D eigenvalue weighted by molar-refractivity contribution is -0.384. The highest BCUT2D eigenvalue weighted by Crippen LogP contribution is 2.26. The lowest BCUT2D eigenvalue weighted by Crippen LogP contribution is -2.38. The van der Waals surface area contributed by atoms with E-state index in [0.29, 0.717) is 0 Å². The first-order chi connectivity index (χ1) is 9.02. The second-order valence-electron chi connectivity index (χ2n) is 4.07. The fourth-order valence-electron chi connectivity index (χ4n) is 1.80. The third kappa shape index (κ3) is 2.82. The first-order valence-corrected chi connectivity index (χ1v) is 5.56. The molecule has 4 atom stereocenters. The number of nitro benzene ring substituents is 1. The molecule has 0 spiro atoms. The molecule has 1 aliphatic heterocycles. The van der Waals surface area contributed by atoms with Crippen LogP contribution in [0.1, 0.15) is 0 Å². The van der Waals surface area contributed by atoms with Crippen LogP contribution in [0.25, 0.3) is 0 Å². The van der Waals surface area contributed by atoms with Crippen LogP contribution in [-0.4, -0.2) is 51.5 Å². The third-order valence-electron chi connectivity index (χ3n) is 2.81. The molecular weight excluding hydrogens is 258 g/mol. The summed E-state index contributed by atoms with van der Waals surface area (Å²) in [7, 11) is 0. The molecule has 8 nitrogen and oxygen atoms in total. The Bertz CT molecular complexity index is 449. The van der Waals surface area contributed by atoms with Crippen molar-refractivity contribution in [2.24, 2.45) is 0 Å². The summed E-state index contributed by atoms with van der Waals surface area (Å²) in [6.07, 6.45) is -4.53. The molecule has 1 aliphatic rings. The largest absolute Gasteiger partial charge is 0.482 e. The van der Waals surface area contributed by atoms with Gasteiger partial charge in [0.15, 0.2) is 12.4 Å². The summed E-state index contributed by atoms with van der Waals surface area (Å²) in [5.41, 5.74) is -0.0932. The van der Waals surface area contributed by atoms with Crippen molar-refractivity contribution in [1.82, 2.24) is 0 Å². The Hall–Kier alpha value is -1.74. The van der Waals surface area contributed by atoms with Crippen LogP contribution < -0.4 is 4.74 Å². The van der Waals surface area contributed by atoms with Crippen LogP contribution in [0, 0.1) is 10.1 Å². The number of non-ortho nitro benzene ring substituents is 1. The average Bonchev–Trinajstić information content (AvgIpc) is 2.67. The minimum atomic E-state index is -1.37. The Morgan fingerprint density at radius 1 is 1.32 bits per heavy atom. The van der Waals surface area contributed by atoms with Gasteiger partial charge in [0, 0.05) is 12.1 Å². The Kier molecular flexibility index (Phi) is 3.96. The van der Waals surface area contributed by atoms with Crippen LogP contribution in [0.5, 0.6) is 5.75 Å². The van der Waals surface area contributed by atoms with E-state index in [1.54, 1.807) is 0 Å². The van der Waals surface area contributed by atoms with Crippen LogP contribution >= 0.6 is 0 Å². The zero-order chi connectivity index (χ0) is 14.0. The first kappa shape index (κ1) is 13.7. The van der Waals surface area contributed by atoms with Gasteiger partial charge in [-0.1, -0.05) is 0 Å². The number of benzene rings is 1. The third-order valence-corrected chi connectivity index (χ3v) is 2.81. The lowest BCUT2D eigenvalue weighted by Gasteiger charge is -2.18. The fraction of sp³-hybridized carbons (Fsp3) is 0.455. The number of hydrogen-bond acceptors (Lipinski definition) is 7. The molecule has 0 unspecified atom stereocenters. The predicted molar refractivity (Wildman–Crippen MR) is 61.5 cm³/mol. The summed E-state index contributed by atoms with van der Waals surface area (Å²) in [6, 6.07) is 5.19. The van der Waals surface area contributed by atoms with Crippen molar-refractivity contribution >= 4 is 5.69 Å². The van der Waals surface area contributed by atoms with Crippen molar-refractivity contribution in [3.63, 3.8) is 0 Å². The van der Waals surface area contributed by atoms with E-state index in [2.05, 4.69) is 0 Å². The van der Waals surface area contributed by atoms with Crippen molar-refractivity contribution in [2.75, 3.05) is 6.61 Å². The monoisotopic (exact) mass is 271 g/mol. The Balaban J connectivity index is 2.06. The zero-order valence-electron chi connectivity index (χ0n) is 9.75. The average molecular weight is 271 g/mol. The standard InChI is InChI=1S/C11H13NO7/c13-5-8-9(14)10(11(15)19-8)18-7-3-1-6(2-4-7)12(16)17/h1-4,8-11,13-15H,5H2/t8-,9-,10+,11+/m1/s1. The summed E-state index contributed by atoms with van der Waals surface area (Å²) in [5.74, 6) is 0.246. The van der Waals surface area contributed by atoms with E-state index < -0.39 is 36.1 Å². The molecule has 0 aliphatic carbocycles. The zero-order valence-corrected chi connectivity index (χ0v) is 9.75. The molecule has 3 N–H and O–H groups in total. The van der Waals surface area contributed by atoms with Gasteiger partial charge in [-0.05, 0) is 12.1 Å². The molecule has 1 saturated heterocycles. The molecule has 19 heavy (non-hydrogen) atoms. The number of aliphatic hydroxyl groups is 3. The number of aliphatic hydroxyl groups excluding tert-OH is 3. The predicted octanol–water partition coefficient (Wildman–Crippen LogP) is -0.587. The number of nitro groups is 1. The summed E-state index contributed by atoms with van der Waals surface area (Å²) >= 11 is 0. The molecule has 2 rings (SSSR count). The highest BCUT2D eigenvalue weighted by Gasteiger charge is 2.44. The molecule has 0 radical (unpaired) electrons. The molecule has 0 amide bonds. The van der Waals surface area contributed by atoms with Gasteiger partial charge in [-0.3, -0.25) is 10.1 Å². The summed E-state index contributed by atoms with van der Waals surface area (Å²) in [4.78, 5) is 9.93. The minimum Gasteiger partial charge on any atom is -0.482 e. The van der Waals surface area contributed by atoms with Gasteiger partial charge in [-0.25, -0.2) is 0 Å². The lowest BCUT2D eigenvalue weighted by atomic mass is 10.1. The topological polar surface area (TPSA) is 122 Å². The van der Waals surface area contributed by atoms with Gasteiger partial charge in [-0.2, -0.15) is 0 Å². The molecular formula is C11H13NO7. The molecule has 0 aromatic heterocycles. The second-order valence-corrected chi connectivity index (χ2v) is 4.07. The van der Waals surface area contributed by atoms with Crippen molar-refractivity contribution in [3.05, 3.63) is 34.4 Å². The van der Waals surface area contributed by atoms with Gasteiger partial charge in [-0.15, -0.1) is 0 Å². The minimum absolute atomic E-state index is 0.0932. The van der Waals surface area contributed by atoms with Crippen LogP contribution in [0.3, 0.4) is 0 Å². The van der Waals surface area contributed by atoms with E-state index in [4.69, 9.17) is 14.6 Å². The molecule has 0 saturated carbocycles. The normalized spacial score (nSPS) is 30.3. The Morgan fingerprint density at radius 2 is 1.95 bits per heavy atom. The van der Waals surface area contributed by atoms with E-state index in [1.807, 2.05) is 0 Å². The molecule has 1 aromatic carbocycles. The van der Waals surface area contributed by atoms with E-state index in [9.17, 15) is 20.3 Å². The maximum Gasteiger partial charge on any atom is 0.269 e. The Labute approximate surface area is 108 Å². The van der Waals surface area contributed by atoms with Gasteiger partial charge >= 0.3 is 0 Å². The first-order valence-electron chi connectivity index (χ1n) is 5.56. The van der Waals surface area contributed by atoms with E-state index in [0.717, 1.165) is 0 Å². The van der Waals surface area contributed by atoms with Gasteiger partial charge in [0.1, 0.15) is 18.0 Å². The molecule has 1 heterocycles. The van der Waals surface area contributed by atoms with Crippen molar-refractivity contribution in [3.8, 4) is 5.75 Å². The second kappa shape index (κ2) is 5.49. The van der Waals surface area contributed by atoms with E-state index >= 15 is 0 Å². The van der Waals surface area contributed by atoms with Crippen LogP contribution in [0.2, 0.25) is 0 Å². The van der Waals surface area contributed by atoms with Crippen LogP contribution in [0.4, 0.5) is 5.69 Å². The summed E-state index contributed by atoms with van der Waals surface area (Å²) < 4.78 is 10.2. The smallest absolute Gasteiger partial charge is 0.269 e. The fourth-order valence-corrected chi connectivity index (χ4v) is 1.80. The van der Waals surface area contributed by atoms with Gasteiger partial charge < -0.3 is 24.8 Å². The summed E-state index contributed by atoms with van der Waals surface area (Å²) in [6.45, 7) is -0.446. The van der Waals surface area contributed by atoms with Crippen LogP contribution in [0.15, 0.2) is 24.3 Å².